The van der Waals surface area contributed by atoms with Gasteiger partial charge in [-0.25, -0.2) is 29.3 Å². The standard InChI is InChI=1S/C13H18N2O4S.C5H4N2O2/c1-4-9-7-14-13(20-9)15-8-10(11(16)18-5-2)12(17)19-6-3;8-5(9)4-6-2-1-3-7-4/h7-8H,4-6H2,1-3H3,(H,14,15);1-3H,(H,8,9). The molecule has 0 aliphatic rings. The predicted octanol–water partition coefficient (Wildman–Crippen LogP) is 2.30. The van der Waals surface area contributed by atoms with Crippen LogP contribution in [0.3, 0.4) is 0 Å². The number of rotatable bonds is 8. The van der Waals surface area contributed by atoms with E-state index in [9.17, 15) is 14.4 Å². The maximum Gasteiger partial charge on any atom is 0.373 e. The van der Waals surface area contributed by atoms with Gasteiger partial charge in [0.15, 0.2) is 10.7 Å². The predicted molar refractivity (Wildman–Crippen MR) is 105 cm³/mol. The lowest BCUT2D eigenvalue weighted by atomic mass is 10.3. The quantitative estimate of drug-likeness (QED) is 0.282. The van der Waals surface area contributed by atoms with Crippen molar-refractivity contribution in [2.45, 2.75) is 27.2 Å². The summed E-state index contributed by atoms with van der Waals surface area (Å²) in [5, 5.41) is 11.7. The topological polar surface area (TPSA) is 141 Å². The summed E-state index contributed by atoms with van der Waals surface area (Å²) < 4.78 is 9.64. The fourth-order valence-corrected chi connectivity index (χ4v) is 2.42. The van der Waals surface area contributed by atoms with Crippen molar-refractivity contribution in [3.05, 3.63) is 47.1 Å². The van der Waals surface area contributed by atoms with Gasteiger partial charge in [-0.15, -0.1) is 11.3 Å². The Morgan fingerprint density at radius 2 is 1.66 bits per heavy atom. The molecular formula is C18H22N4O6S. The highest BCUT2D eigenvalue weighted by molar-refractivity contribution is 7.15. The van der Waals surface area contributed by atoms with Crippen LogP contribution in [0.4, 0.5) is 5.13 Å². The highest BCUT2D eigenvalue weighted by Gasteiger charge is 2.21. The molecule has 2 N–H and O–H groups in total. The van der Waals surface area contributed by atoms with E-state index in [-0.39, 0.29) is 24.6 Å². The summed E-state index contributed by atoms with van der Waals surface area (Å²) in [5.74, 6) is -2.70. The molecule has 0 fully saturated rings. The molecule has 156 valence electrons. The van der Waals surface area contributed by atoms with E-state index in [2.05, 4.69) is 20.3 Å². The number of carbonyl (C=O) groups is 3. The normalized spacial score (nSPS) is 9.48. The van der Waals surface area contributed by atoms with Crippen molar-refractivity contribution in [1.82, 2.24) is 15.0 Å². The van der Waals surface area contributed by atoms with Crippen LogP contribution in [-0.4, -0.2) is 51.2 Å². The second kappa shape index (κ2) is 12.9. The van der Waals surface area contributed by atoms with Gasteiger partial charge in [-0.1, -0.05) is 6.92 Å². The number of carbonyl (C=O) groups excluding carboxylic acids is 2. The summed E-state index contributed by atoms with van der Waals surface area (Å²) in [4.78, 5) is 45.6. The van der Waals surface area contributed by atoms with Crippen LogP contribution >= 0.6 is 11.3 Å². The van der Waals surface area contributed by atoms with E-state index in [1.165, 1.54) is 29.9 Å². The third-order valence-corrected chi connectivity index (χ3v) is 4.06. The van der Waals surface area contributed by atoms with Crippen molar-refractivity contribution < 1.29 is 29.0 Å². The molecule has 0 atom stereocenters. The lowest BCUT2D eigenvalue weighted by molar-refractivity contribution is -0.146. The van der Waals surface area contributed by atoms with Crippen molar-refractivity contribution in [1.29, 1.82) is 0 Å². The Hall–Kier alpha value is -3.34. The van der Waals surface area contributed by atoms with Gasteiger partial charge in [-0.05, 0) is 26.3 Å². The van der Waals surface area contributed by atoms with Crippen LogP contribution in [0.2, 0.25) is 0 Å². The van der Waals surface area contributed by atoms with Crippen molar-refractivity contribution >= 4 is 34.4 Å². The Morgan fingerprint density at radius 1 is 1.07 bits per heavy atom. The zero-order valence-corrected chi connectivity index (χ0v) is 17.1. The lowest BCUT2D eigenvalue weighted by Crippen LogP contribution is -2.19. The number of carboxylic acid groups (broad SMARTS) is 1. The second-order valence-corrected chi connectivity index (χ2v) is 6.12. The minimum atomic E-state index is -1.10. The zero-order chi connectivity index (χ0) is 21.6. The number of esters is 2. The highest BCUT2D eigenvalue weighted by atomic mass is 32.1. The summed E-state index contributed by atoms with van der Waals surface area (Å²) >= 11 is 1.45. The van der Waals surface area contributed by atoms with Crippen LogP contribution in [-0.2, 0) is 25.5 Å². The number of ether oxygens (including phenoxy) is 2. The minimum absolute atomic E-state index is 0.169. The Bertz CT molecular complexity index is 818. The van der Waals surface area contributed by atoms with Gasteiger partial charge in [-0.2, -0.15) is 0 Å². The first kappa shape index (κ1) is 23.7. The fraction of sp³-hybridized carbons (Fsp3) is 0.333. The average Bonchev–Trinajstić information content (AvgIpc) is 3.18. The van der Waals surface area contributed by atoms with Crippen LogP contribution in [0.5, 0.6) is 0 Å². The molecule has 11 heteroatoms. The smallest absolute Gasteiger partial charge is 0.373 e. The number of nitrogens with one attached hydrogen (secondary N) is 1. The number of aromatic carboxylic acids is 1. The number of carboxylic acids is 1. The Kier molecular flexibility index (Phi) is 10.6. The first-order valence-corrected chi connectivity index (χ1v) is 9.50. The molecular weight excluding hydrogens is 400 g/mol. The summed E-state index contributed by atoms with van der Waals surface area (Å²) in [6.45, 7) is 5.74. The second-order valence-electron chi connectivity index (χ2n) is 5.01. The summed E-state index contributed by atoms with van der Waals surface area (Å²) in [6.07, 6.45) is 6.67. The molecule has 0 aromatic carbocycles. The van der Waals surface area contributed by atoms with Crippen LogP contribution in [0, 0.1) is 0 Å². The van der Waals surface area contributed by atoms with E-state index in [0.29, 0.717) is 5.13 Å². The molecule has 2 rings (SSSR count). The van der Waals surface area contributed by atoms with Crippen LogP contribution in [0.1, 0.15) is 36.3 Å². The van der Waals surface area contributed by atoms with Gasteiger partial charge in [0.1, 0.15) is 0 Å². The Labute approximate surface area is 171 Å². The van der Waals surface area contributed by atoms with Crippen molar-refractivity contribution in [2.75, 3.05) is 18.5 Å². The molecule has 0 aliphatic heterocycles. The molecule has 0 unspecified atom stereocenters. The van der Waals surface area contributed by atoms with Crippen LogP contribution < -0.4 is 5.32 Å². The molecule has 10 nitrogen and oxygen atoms in total. The number of aryl methyl sites for hydroxylation is 1. The highest BCUT2D eigenvalue weighted by Crippen LogP contribution is 2.18. The van der Waals surface area contributed by atoms with Gasteiger partial charge in [0, 0.05) is 29.7 Å². The molecule has 0 saturated heterocycles. The monoisotopic (exact) mass is 422 g/mol. The van der Waals surface area contributed by atoms with E-state index >= 15 is 0 Å². The number of anilines is 1. The third-order valence-electron chi connectivity index (χ3n) is 2.99. The van der Waals surface area contributed by atoms with E-state index in [1.54, 1.807) is 26.1 Å². The van der Waals surface area contributed by atoms with E-state index in [0.717, 1.165) is 11.3 Å². The molecule has 2 aromatic heterocycles. The summed E-state index contributed by atoms with van der Waals surface area (Å²) in [5.41, 5.74) is -0.179. The SMILES string of the molecule is CCOC(=O)C(=CNc1ncc(CC)s1)C(=O)OCC.O=C(O)c1ncccn1. The number of hydrogen-bond donors (Lipinski definition) is 2. The van der Waals surface area contributed by atoms with Crippen molar-refractivity contribution in [3.63, 3.8) is 0 Å². The van der Waals surface area contributed by atoms with Crippen LogP contribution in [0.15, 0.2) is 36.4 Å². The molecule has 2 aromatic rings. The lowest BCUT2D eigenvalue weighted by Gasteiger charge is -2.06. The van der Waals surface area contributed by atoms with Gasteiger partial charge in [0.05, 0.1) is 13.2 Å². The van der Waals surface area contributed by atoms with Gasteiger partial charge in [0.2, 0.25) is 5.82 Å². The van der Waals surface area contributed by atoms with E-state index in [4.69, 9.17) is 14.6 Å². The number of aromatic nitrogens is 3. The minimum Gasteiger partial charge on any atom is -0.475 e. The first-order chi connectivity index (χ1) is 13.9. The zero-order valence-electron chi connectivity index (χ0n) is 16.2. The van der Waals surface area contributed by atoms with Gasteiger partial charge in [-0.3, -0.25) is 0 Å². The first-order valence-electron chi connectivity index (χ1n) is 8.68. The van der Waals surface area contributed by atoms with Gasteiger partial charge in [0.25, 0.3) is 0 Å². The molecule has 0 saturated carbocycles. The molecule has 0 spiro atoms. The maximum atomic E-state index is 11.7. The molecule has 29 heavy (non-hydrogen) atoms. The molecule has 0 amide bonds. The van der Waals surface area contributed by atoms with E-state index < -0.39 is 17.9 Å². The third kappa shape index (κ3) is 8.47. The van der Waals surface area contributed by atoms with Crippen molar-refractivity contribution in [2.24, 2.45) is 0 Å². The largest absolute Gasteiger partial charge is 0.475 e. The average molecular weight is 422 g/mol. The Morgan fingerprint density at radius 3 is 2.07 bits per heavy atom. The maximum absolute atomic E-state index is 11.7. The molecule has 0 bridgehead atoms. The van der Waals surface area contributed by atoms with Crippen molar-refractivity contribution in [3.8, 4) is 0 Å². The van der Waals surface area contributed by atoms with Crippen LogP contribution in [0.25, 0.3) is 0 Å². The van der Waals surface area contributed by atoms with E-state index in [1.807, 2.05) is 6.92 Å². The Balaban J connectivity index is 0.000000387. The number of thiazole rings is 1. The van der Waals surface area contributed by atoms with Gasteiger partial charge >= 0.3 is 17.9 Å². The fourth-order valence-electron chi connectivity index (χ4n) is 1.70. The molecule has 0 radical (unpaired) electrons. The number of nitrogens with zero attached hydrogens (tertiary/aromatic N) is 3. The van der Waals surface area contributed by atoms with Gasteiger partial charge < -0.3 is 19.9 Å². The molecule has 0 aliphatic carbocycles. The molecule has 2 heterocycles. The summed E-state index contributed by atoms with van der Waals surface area (Å²) in [6, 6.07) is 1.56. The number of hydrogen-bond acceptors (Lipinski definition) is 10. The summed E-state index contributed by atoms with van der Waals surface area (Å²) in [7, 11) is 0.